The third-order valence-corrected chi connectivity index (χ3v) is 7.86. The van der Waals surface area contributed by atoms with Crippen molar-refractivity contribution in [2.24, 2.45) is 5.92 Å². The summed E-state index contributed by atoms with van der Waals surface area (Å²) in [7, 11) is 1.66. The van der Waals surface area contributed by atoms with Crippen molar-refractivity contribution >= 4 is 5.91 Å². The maximum Gasteiger partial charge on any atom is 0.225 e. The zero-order chi connectivity index (χ0) is 27.1. The molecule has 3 aromatic carbocycles. The molecule has 1 aromatic heterocycles. The molecule has 0 bridgehead atoms. The number of nitrogens with zero attached hydrogens (tertiary/aromatic N) is 2. The van der Waals surface area contributed by atoms with Crippen LogP contribution in [0.3, 0.4) is 0 Å². The van der Waals surface area contributed by atoms with Crippen LogP contribution in [0.2, 0.25) is 0 Å². The van der Waals surface area contributed by atoms with E-state index in [1.165, 1.54) is 11.1 Å². The van der Waals surface area contributed by atoms with Crippen LogP contribution in [-0.4, -0.2) is 47.5 Å². The highest BCUT2D eigenvalue weighted by molar-refractivity contribution is 5.80. The van der Waals surface area contributed by atoms with Crippen molar-refractivity contribution in [2.75, 3.05) is 26.7 Å². The fraction of sp³-hybridized carbons (Fsp3) is 0.333. The van der Waals surface area contributed by atoms with Crippen molar-refractivity contribution in [3.63, 3.8) is 0 Å². The normalized spacial score (nSPS) is 17.5. The summed E-state index contributed by atoms with van der Waals surface area (Å²) in [5.74, 6) is 1.85. The summed E-state index contributed by atoms with van der Waals surface area (Å²) in [6.45, 7) is 4.69. The number of rotatable bonds is 10. The van der Waals surface area contributed by atoms with Crippen LogP contribution >= 0.6 is 0 Å². The fourth-order valence-corrected chi connectivity index (χ4v) is 5.75. The number of hydrogen-bond acceptors (Lipinski definition) is 4. The smallest absolute Gasteiger partial charge is 0.225 e. The van der Waals surface area contributed by atoms with Gasteiger partial charge in [0.05, 0.1) is 18.6 Å². The highest BCUT2D eigenvalue weighted by Gasteiger charge is 2.35. The summed E-state index contributed by atoms with van der Waals surface area (Å²) in [5.41, 5.74) is 3.06. The molecule has 6 heteroatoms. The van der Waals surface area contributed by atoms with Crippen molar-refractivity contribution in [1.29, 1.82) is 0 Å². The van der Waals surface area contributed by atoms with Crippen molar-refractivity contribution in [2.45, 2.75) is 37.6 Å². The second kappa shape index (κ2) is 12.3. The Labute approximate surface area is 231 Å². The molecule has 1 fully saturated rings. The van der Waals surface area contributed by atoms with Crippen LogP contribution in [0.15, 0.2) is 97.3 Å². The van der Waals surface area contributed by atoms with Gasteiger partial charge in [-0.05, 0) is 55.1 Å². The first-order valence-corrected chi connectivity index (χ1v) is 13.8. The van der Waals surface area contributed by atoms with Crippen LogP contribution in [-0.2, 0) is 16.8 Å². The van der Waals surface area contributed by atoms with E-state index in [9.17, 15) is 4.79 Å². The number of methoxy groups -OCH3 is 1. The number of piperidine rings is 1. The first kappa shape index (κ1) is 26.7. The molecular formula is C33H38N4O2. The monoisotopic (exact) mass is 522 g/mol. The van der Waals surface area contributed by atoms with Crippen LogP contribution < -0.4 is 10.1 Å². The van der Waals surface area contributed by atoms with E-state index in [0.29, 0.717) is 6.42 Å². The molecule has 0 radical (unpaired) electrons. The standard InChI is InChI=1S/C33H38N4O2/c1-33(32-34-19-20-35-32,22-25-15-17-29(39-2)18-16-25)36-31(38)28-14-9-21-37(23-28)24-30(26-10-5-3-6-11-26)27-12-7-4-8-13-27/h3-8,10-13,15-20,28,30H,9,14,21-24H2,1-2H3,(H,34,35)(H,36,38)/t28-,33?/m0/s1. The zero-order valence-electron chi connectivity index (χ0n) is 22.8. The lowest BCUT2D eigenvalue weighted by Crippen LogP contribution is -2.51. The zero-order valence-corrected chi connectivity index (χ0v) is 22.8. The van der Waals surface area contributed by atoms with Crippen LogP contribution in [0.5, 0.6) is 5.75 Å². The number of H-pyrrole nitrogens is 1. The molecule has 0 spiro atoms. The molecule has 2 heterocycles. The van der Waals surface area contributed by atoms with E-state index in [1.807, 2.05) is 30.5 Å². The van der Waals surface area contributed by atoms with E-state index in [1.54, 1.807) is 13.3 Å². The number of aromatic nitrogens is 2. The van der Waals surface area contributed by atoms with Gasteiger partial charge in [-0.25, -0.2) is 4.98 Å². The van der Waals surface area contributed by atoms with Gasteiger partial charge in [0.25, 0.3) is 0 Å². The summed E-state index contributed by atoms with van der Waals surface area (Å²) in [5, 5.41) is 3.39. The summed E-state index contributed by atoms with van der Waals surface area (Å²) in [6.07, 6.45) is 6.06. The Morgan fingerprint density at radius 3 is 2.31 bits per heavy atom. The number of imidazole rings is 1. The highest BCUT2D eigenvalue weighted by atomic mass is 16.5. The molecule has 1 amide bonds. The largest absolute Gasteiger partial charge is 0.497 e. The maximum atomic E-state index is 13.8. The van der Waals surface area contributed by atoms with Gasteiger partial charge >= 0.3 is 0 Å². The van der Waals surface area contributed by atoms with Crippen LogP contribution in [0, 0.1) is 5.92 Å². The minimum absolute atomic E-state index is 0.0731. The fourth-order valence-electron chi connectivity index (χ4n) is 5.75. The number of benzene rings is 3. The predicted octanol–water partition coefficient (Wildman–Crippen LogP) is 5.54. The first-order chi connectivity index (χ1) is 19.0. The third-order valence-electron chi connectivity index (χ3n) is 7.86. The highest BCUT2D eigenvalue weighted by Crippen LogP contribution is 2.29. The lowest BCUT2D eigenvalue weighted by atomic mass is 9.88. The number of likely N-dealkylation sites (tertiary alicyclic amines) is 1. The van der Waals surface area contributed by atoms with Gasteiger partial charge in [-0.3, -0.25) is 4.79 Å². The summed E-state index contributed by atoms with van der Waals surface area (Å²) in [4.78, 5) is 24.0. The number of hydrogen-bond donors (Lipinski definition) is 2. The Morgan fingerprint density at radius 1 is 1.05 bits per heavy atom. The average molecular weight is 523 g/mol. The summed E-state index contributed by atoms with van der Waals surface area (Å²) < 4.78 is 5.32. The van der Waals surface area contributed by atoms with Gasteiger partial charge in [-0.2, -0.15) is 0 Å². The second-order valence-electron chi connectivity index (χ2n) is 10.8. The van der Waals surface area contributed by atoms with E-state index in [0.717, 1.165) is 49.6 Å². The molecule has 1 saturated heterocycles. The number of amides is 1. The van der Waals surface area contributed by atoms with Crippen LogP contribution in [0.25, 0.3) is 0 Å². The second-order valence-corrected chi connectivity index (χ2v) is 10.8. The van der Waals surface area contributed by atoms with Gasteiger partial charge in [0.1, 0.15) is 11.6 Å². The third kappa shape index (κ3) is 6.58. The molecule has 0 aliphatic carbocycles. The van der Waals surface area contributed by atoms with E-state index >= 15 is 0 Å². The Kier molecular flexibility index (Phi) is 8.42. The van der Waals surface area contributed by atoms with Gasteiger partial charge in [0.15, 0.2) is 0 Å². The number of carbonyl (C=O) groups excluding carboxylic acids is 1. The first-order valence-electron chi connectivity index (χ1n) is 13.8. The minimum atomic E-state index is -0.659. The van der Waals surface area contributed by atoms with Crippen LogP contribution in [0.4, 0.5) is 0 Å². The molecule has 4 aromatic rings. The van der Waals surface area contributed by atoms with E-state index < -0.39 is 5.54 Å². The molecule has 1 unspecified atom stereocenters. The van der Waals surface area contributed by atoms with Gasteiger partial charge in [-0.1, -0.05) is 72.8 Å². The average Bonchev–Trinajstić information content (AvgIpc) is 3.54. The minimum Gasteiger partial charge on any atom is -0.497 e. The number of carbonyl (C=O) groups is 1. The van der Waals surface area contributed by atoms with Gasteiger partial charge in [0.2, 0.25) is 5.91 Å². The predicted molar refractivity (Wildman–Crippen MR) is 155 cm³/mol. The van der Waals surface area contributed by atoms with Crippen molar-refractivity contribution < 1.29 is 9.53 Å². The quantitative estimate of drug-likeness (QED) is 0.287. The Hall–Kier alpha value is -3.90. The SMILES string of the molecule is COc1ccc(CC(C)(NC(=O)[C@H]2CCCN(CC(c3ccccc3)c3ccccc3)C2)c2ncc[nH]2)cc1. The van der Waals surface area contributed by atoms with Crippen molar-refractivity contribution in [3.05, 3.63) is 120 Å². The molecule has 5 rings (SSSR count). The molecule has 0 saturated carbocycles. The maximum absolute atomic E-state index is 13.8. The van der Waals surface area contributed by atoms with Gasteiger partial charge in [0, 0.05) is 37.8 Å². The topological polar surface area (TPSA) is 70.2 Å². The Bertz CT molecular complexity index is 1270. The lowest BCUT2D eigenvalue weighted by molar-refractivity contribution is -0.128. The van der Waals surface area contributed by atoms with Gasteiger partial charge in [-0.15, -0.1) is 0 Å². The molecule has 2 N–H and O–H groups in total. The van der Waals surface area contributed by atoms with Crippen LogP contribution in [0.1, 0.15) is 48.2 Å². The molecule has 2 atom stereocenters. The van der Waals surface area contributed by atoms with E-state index in [4.69, 9.17) is 4.74 Å². The number of nitrogens with one attached hydrogen (secondary N) is 2. The molecule has 6 nitrogen and oxygen atoms in total. The van der Waals surface area contributed by atoms with Crippen molar-refractivity contribution in [3.8, 4) is 5.75 Å². The summed E-state index contributed by atoms with van der Waals surface area (Å²) >= 11 is 0. The van der Waals surface area contributed by atoms with E-state index in [2.05, 4.69) is 87.8 Å². The molecule has 202 valence electrons. The molecule has 39 heavy (non-hydrogen) atoms. The Morgan fingerprint density at radius 2 is 1.72 bits per heavy atom. The number of ether oxygens (including phenoxy) is 1. The molecule has 1 aliphatic heterocycles. The Balaban J connectivity index is 1.30. The molecule has 1 aliphatic rings. The summed E-state index contributed by atoms with van der Waals surface area (Å²) in [6, 6.07) is 29.4. The molecular weight excluding hydrogens is 484 g/mol. The number of aromatic amines is 1. The van der Waals surface area contributed by atoms with Gasteiger partial charge < -0.3 is 19.9 Å². The van der Waals surface area contributed by atoms with Crippen molar-refractivity contribution in [1.82, 2.24) is 20.2 Å². The van der Waals surface area contributed by atoms with E-state index in [-0.39, 0.29) is 17.7 Å². The lowest BCUT2D eigenvalue weighted by Gasteiger charge is -2.37.